The van der Waals surface area contributed by atoms with Crippen LogP contribution in [0.25, 0.3) is 0 Å². The van der Waals surface area contributed by atoms with Gasteiger partial charge >= 0.3 is 0 Å². The molecule has 1 fully saturated rings. The maximum absolute atomic E-state index is 5.75. The summed E-state index contributed by atoms with van der Waals surface area (Å²) < 4.78 is 5.75. The molecule has 0 saturated carbocycles. The number of hydrogen-bond acceptors (Lipinski definition) is 6. The largest absolute Gasteiger partial charge is 0.376 e. The first-order valence-electron chi connectivity index (χ1n) is 6.90. The Morgan fingerprint density at radius 3 is 3.00 bits per heavy atom. The predicted molar refractivity (Wildman–Crippen MR) is 77.5 cm³/mol. The number of aromatic nitrogens is 2. The van der Waals surface area contributed by atoms with Gasteiger partial charge in [-0.1, -0.05) is 0 Å². The molecule has 0 aliphatic carbocycles. The van der Waals surface area contributed by atoms with Gasteiger partial charge in [-0.25, -0.2) is 0 Å². The highest BCUT2D eigenvalue weighted by molar-refractivity contribution is 5.52. The summed E-state index contributed by atoms with van der Waals surface area (Å²) in [6, 6.07) is 1.92. The third-order valence-electron chi connectivity index (χ3n) is 3.23. The molecule has 3 N–H and O–H groups in total. The van der Waals surface area contributed by atoms with Crippen LogP contribution >= 0.6 is 0 Å². The second-order valence-electron chi connectivity index (χ2n) is 4.87. The molecule has 6 nitrogen and oxygen atoms in total. The van der Waals surface area contributed by atoms with Crippen LogP contribution in [-0.2, 0) is 4.74 Å². The molecule has 0 radical (unpaired) electrons. The van der Waals surface area contributed by atoms with Crippen LogP contribution in [0.2, 0.25) is 0 Å². The van der Waals surface area contributed by atoms with Gasteiger partial charge in [0.1, 0.15) is 11.6 Å². The maximum atomic E-state index is 5.75. The number of nitrogens with zero attached hydrogens (tertiary/aromatic N) is 3. The fourth-order valence-corrected chi connectivity index (χ4v) is 2.27. The lowest BCUT2D eigenvalue weighted by Gasteiger charge is -2.28. The van der Waals surface area contributed by atoms with Crippen molar-refractivity contribution >= 4 is 17.6 Å². The molecule has 106 valence electrons. The van der Waals surface area contributed by atoms with Gasteiger partial charge in [-0.3, -0.25) is 0 Å². The van der Waals surface area contributed by atoms with E-state index in [-0.39, 0.29) is 6.10 Å². The second-order valence-corrected chi connectivity index (χ2v) is 4.87. The topological polar surface area (TPSA) is 76.3 Å². The van der Waals surface area contributed by atoms with Crippen LogP contribution in [0.3, 0.4) is 0 Å². The molecule has 1 atom stereocenters. The van der Waals surface area contributed by atoms with E-state index in [1.54, 1.807) is 0 Å². The lowest BCUT2D eigenvalue weighted by Crippen LogP contribution is -2.34. The number of ether oxygens (including phenoxy) is 1. The molecular formula is C13H23N5O. The third-order valence-corrected chi connectivity index (χ3v) is 3.23. The van der Waals surface area contributed by atoms with Crippen molar-refractivity contribution in [2.75, 3.05) is 42.7 Å². The summed E-state index contributed by atoms with van der Waals surface area (Å²) in [6.45, 7) is 4.54. The molecule has 0 bridgehead atoms. The Bertz CT molecular complexity index is 406. The van der Waals surface area contributed by atoms with Crippen LogP contribution in [-0.4, -0.2) is 42.8 Å². The predicted octanol–water partition coefficient (Wildman–Crippen LogP) is 1.50. The minimum atomic E-state index is 0.289. The van der Waals surface area contributed by atoms with Crippen LogP contribution in [0.15, 0.2) is 6.07 Å². The van der Waals surface area contributed by atoms with Crippen molar-refractivity contribution in [3.8, 4) is 0 Å². The number of likely N-dealkylation sites (N-methyl/N-ethyl adjacent to an activating group) is 1. The summed E-state index contributed by atoms with van der Waals surface area (Å²) >= 11 is 0. The maximum Gasteiger partial charge on any atom is 0.223 e. The van der Waals surface area contributed by atoms with Crippen LogP contribution < -0.4 is 16.0 Å². The van der Waals surface area contributed by atoms with Crippen molar-refractivity contribution in [1.29, 1.82) is 0 Å². The highest BCUT2D eigenvalue weighted by Crippen LogP contribution is 2.19. The fourth-order valence-electron chi connectivity index (χ4n) is 2.27. The van der Waals surface area contributed by atoms with E-state index in [4.69, 9.17) is 10.5 Å². The third kappa shape index (κ3) is 3.96. The zero-order valence-electron chi connectivity index (χ0n) is 11.7. The molecule has 2 heterocycles. The molecule has 19 heavy (non-hydrogen) atoms. The first-order chi connectivity index (χ1) is 9.19. The van der Waals surface area contributed by atoms with Crippen molar-refractivity contribution in [2.24, 2.45) is 0 Å². The Hall–Kier alpha value is -1.56. The Morgan fingerprint density at radius 1 is 1.47 bits per heavy atom. The Kier molecular flexibility index (Phi) is 4.79. The standard InChI is InChI=1S/C13H23N5O/c1-3-15-11-8-12(17-13(14)16-11)18(2)9-10-6-4-5-7-19-10/h8,10H,3-7,9H2,1-2H3,(H3,14,15,16,17). The van der Waals surface area contributed by atoms with Crippen molar-refractivity contribution < 1.29 is 4.74 Å². The van der Waals surface area contributed by atoms with Crippen LogP contribution in [0.4, 0.5) is 17.6 Å². The van der Waals surface area contributed by atoms with Crippen molar-refractivity contribution in [2.45, 2.75) is 32.3 Å². The van der Waals surface area contributed by atoms with Crippen LogP contribution in [0, 0.1) is 0 Å². The molecule has 1 aromatic rings. The van der Waals surface area contributed by atoms with Gasteiger partial charge in [0.05, 0.1) is 6.10 Å². The average Bonchev–Trinajstić information content (AvgIpc) is 2.39. The zero-order valence-corrected chi connectivity index (χ0v) is 11.7. The summed E-state index contributed by atoms with van der Waals surface area (Å²) in [7, 11) is 2.01. The zero-order chi connectivity index (χ0) is 13.7. The van der Waals surface area contributed by atoms with E-state index in [0.717, 1.165) is 37.8 Å². The van der Waals surface area contributed by atoms with Gasteiger partial charge < -0.3 is 20.7 Å². The lowest BCUT2D eigenvalue weighted by molar-refractivity contribution is 0.0215. The normalized spacial score (nSPS) is 19.2. The Morgan fingerprint density at radius 2 is 2.32 bits per heavy atom. The first kappa shape index (κ1) is 13.9. The number of nitrogens with one attached hydrogen (secondary N) is 1. The van der Waals surface area contributed by atoms with E-state index in [9.17, 15) is 0 Å². The van der Waals surface area contributed by atoms with Gasteiger partial charge in [-0.05, 0) is 26.2 Å². The van der Waals surface area contributed by atoms with E-state index in [1.165, 1.54) is 12.8 Å². The van der Waals surface area contributed by atoms with Crippen molar-refractivity contribution in [1.82, 2.24) is 9.97 Å². The monoisotopic (exact) mass is 265 g/mol. The summed E-state index contributed by atoms with van der Waals surface area (Å²) in [5, 5.41) is 3.16. The second kappa shape index (κ2) is 6.56. The summed E-state index contributed by atoms with van der Waals surface area (Å²) in [5.74, 6) is 1.89. The molecular weight excluding hydrogens is 242 g/mol. The smallest absolute Gasteiger partial charge is 0.223 e. The van der Waals surface area contributed by atoms with Gasteiger partial charge in [0, 0.05) is 32.8 Å². The summed E-state index contributed by atoms with van der Waals surface area (Å²) in [5.41, 5.74) is 5.74. The Labute approximate surface area is 114 Å². The molecule has 1 aromatic heterocycles. The average molecular weight is 265 g/mol. The molecule has 1 unspecified atom stereocenters. The first-order valence-corrected chi connectivity index (χ1v) is 6.90. The molecule has 2 rings (SSSR count). The van der Waals surface area contributed by atoms with E-state index < -0.39 is 0 Å². The van der Waals surface area contributed by atoms with E-state index in [0.29, 0.717) is 5.95 Å². The molecule has 1 aliphatic rings. The number of rotatable bonds is 5. The van der Waals surface area contributed by atoms with Gasteiger partial charge in [-0.2, -0.15) is 9.97 Å². The number of nitrogens with two attached hydrogens (primary N) is 1. The Balaban J connectivity index is 2.02. The molecule has 0 spiro atoms. The highest BCUT2D eigenvalue weighted by atomic mass is 16.5. The van der Waals surface area contributed by atoms with E-state index in [2.05, 4.69) is 20.2 Å². The molecule has 1 aliphatic heterocycles. The quantitative estimate of drug-likeness (QED) is 0.840. The SMILES string of the molecule is CCNc1cc(N(C)CC2CCCCO2)nc(N)n1. The van der Waals surface area contributed by atoms with Gasteiger partial charge in [-0.15, -0.1) is 0 Å². The molecule has 1 saturated heterocycles. The lowest BCUT2D eigenvalue weighted by atomic mass is 10.1. The minimum absolute atomic E-state index is 0.289. The molecule has 0 aromatic carbocycles. The van der Waals surface area contributed by atoms with Crippen molar-refractivity contribution in [3.63, 3.8) is 0 Å². The number of hydrogen-bond donors (Lipinski definition) is 2. The van der Waals surface area contributed by atoms with Crippen LogP contribution in [0.1, 0.15) is 26.2 Å². The molecule has 0 amide bonds. The molecule has 6 heteroatoms. The van der Waals surface area contributed by atoms with E-state index in [1.807, 2.05) is 20.0 Å². The summed E-state index contributed by atoms with van der Waals surface area (Å²) in [6.07, 6.45) is 3.82. The van der Waals surface area contributed by atoms with Gasteiger partial charge in [0.15, 0.2) is 0 Å². The minimum Gasteiger partial charge on any atom is -0.376 e. The van der Waals surface area contributed by atoms with E-state index >= 15 is 0 Å². The fraction of sp³-hybridized carbons (Fsp3) is 0.692. The van der Waals surface area contributed by atoms with Gasteiger partial charge in [0.25, 0.3) is 0 Å². The van der Waals surface area contributed by atoms with Crippen LogP contribution in [0.5, 0.6) is 0 Å². The van der Waals surface area contributed by atoms with Gasteiger partial charge in [0.2, 0.25) is 5.95 Å². The number of nitrogen functional groups attached to an aromatic ring is 1. The highest BCUT2D eigenvalue weighted by Gasteiger charge is 2.17. The summed E-state index contributed by atoms with van der Waals surface area (Å²) in [4.78, 5) is 10.5. The van der Waals surface area contributed by atoms with Crippen molar-refractivity contribution in [3.05, 3.63) is 6.07 Å². The number of anilines is 3.